The quantitative estimate of drug-likeness (QED) is 0.374. The normalized spacial score (nSPS) is 16.2. The minimum absolute atomic E-state index is 0.0000133. The Morgan fingerprint density at radius 3 is 2.64 bits per heavy atom. The molecule has 1 aliphatic rings. The molecule has 0 unspecified atom stereocenters. The van der Waals surface area contributed by atoms with Gasteiger partial charge in [0.15, 0.2) is 0 Å². The van der Waals surface area contributed by atoms with Gasteiger partial charge in [-0.3, -0.25) is 4.79 Å². The van der Waals surface area contributed by atoms with Gasteiger partial charge in [-0.05, 0) is 94.3 Å². The van der Waals surface area contributed by atoms with Crippen molar-refractivity contribution in [1.82, 2.24) is 9.88 Å². The zero-order valence-electron chi connectivity index (χ0n) is 19.1. The Morgan fingerprint density at radius 2 is 1.94 bits per heavy atom. The van der Waals surface area contributed by atoms with E-state index in [2.05, 4.69) is 15.8 Å². The average molecular weight is 486 g/mol. The van der Waals surface area contributed by atoms with E-state index >= 15 is 0 Å². The molecule has 8 heteroatoms. The number of para-hydroxylation sites is 1. The Hall–Kier alpha value is -2.13. The lowest BCUT2D eigenvalue weighted by atomic mass is 9.85. The maximum Gasteiger partial charge on any atom is 0.253 e. The molecule has 4 rings (SSSR count). The van der Waals surface area contributed by atoms with Crippen molar-refractivity contribution in [3.63, 3.8) is 0 Å². The summed E-state index contributed by atoms with van der Waals surface area (Å²) in [5, 5.41) is 20.7. The van der Waals surface area contributed by atoms with Crippen LogP contribution in [0, 0.1) is 0 Å². The number of aliphatic hydroxyl groups is 2. The lowest BCUT2D eigenvalue weighted by Gasteiger charge is -2.38. The summed E-state index contributed by atoms with van der Waals surface area (Å²) in [5.74, 6) is -0.0000133. The van der Waals surface area contributed by atoms with Crippen LogP contribution in [0.15, 0.2) is 52.9 Å². The first-order chi connectivity index (χ1) is 15.7. The van der Waals surface area contributed by atoms with E-state index in [1.54, 1.807) is 25.2 Å². The fourth-order valence-corrected chi connectivity index (χ4v) is 5.68. The molecule has 2 aromatic carbocycles. The van der Waals surface area contributed by atoms with E-state index < -0.39 is 11.2 Å². The summed E-state index contributed by atoms with van der Waals surface area (Å²) in [7, 11) is 0. The largest absolute Gasteiger partial charge is 0.390 e. The smallest absolute Gasteiger partial charge is 0.253 e. The average Bonchev–Trinajstić information content (AvgIpc) is 3.27. The lowest BCUT2D eigenvalue weighted by Crippen LogP contribution is -2.46. The third-order valence-corrected chi connectivity index (χ3v) is 7.83. The van der Waals surface area contributed by atoms with E-state index in [4.69, 9.17) is 0 Å². The minimum atomic E-state index is -0.743. The van der Waals surface area contributed by atoms with Gasteiger partial charge in [0.1, 0.15) is 0 Å². The van der Waals surface area contributed by atoms with E-state index in [1.165, 1.54) is 11.9 Å². The molecule has 176 valence electrons. The number of nitrogens with one attached hydrogen (secondary N) is 1. The fourth-order valence-electron chi connectivity index (χ4n) is 4.15. The number of thiazole rings is 1. The highest BCUT2D eigenvalue weighted by atomic mass is 32.2. The Kier molecular flexibility index (Phi) is 7.28. The molecule has 0 saturated carbocycles. The van der Waals surface area contributed by atoms with Crippen LogP contribution in [0.4, 0.5) is 5.69 Å². The number of carbonyl (C=O) groups excluding carboxylic acids is 1. The van der Waals surface area contributed by atoms with Crippen LogP contribution in [0.3, 0.4) is 0 Å². The third kappa shape index (κ3) is 6.26. The number of hydrogen-bond acceptors (Lipinski definition) is 7. The van der Waals surface area contributed by atoms with E-state index in [0.717, 1.165) is 27.2 Å². The van der Waals surface area contributed by atoms with Crippen molar-refractivity contribution >= 4 is 45.1 Å². The molecule has 1 fully saturated rings. The van der Waals surface area contributed by atoms with Crippen molar-refractivity contribution in [1.29, 1.82) is 0 Å². The van der Waals surface area contributed by atoms with Gasteiger partial charge in [0.05, 0.1) is 31.8 Å². The van der Waals surface area contributed by atoms with Crippen molar-refractivity contribution in [3.8, 4) is 0 Å². The van der Waals surface area contributed by atoms with Gasteiger partial charge in [-0.25, -0.2) is 4.98 Å². The van der Waals surface area contributed by atoms with Gasteiger partial charge >= 0.3 is 0 Å². The highest BCUT2D eigenvalue weighted by Gasteiger charge is 2.34. The minimum Gasteiger partial charge on any atom is -0.390 e. The van der Waals surface area contributed by atoms with Crippen molar-refractivity contribution in [2.45, 2.75) is 62.0 Å². The molecule has 0 radical (unpaired) electrons. The third-order valence-electron chi connectivity index (χ3n) is 6.15. The number of benzene rings is 2. The number of nitrogens with zero attached hydrogens (tertiary/aromatic N) is 2. The van der Waals surface area contributed by atoms with Crippen molar-refractivity contribution in [2.24, 2.45) is 0 Å². The van der Waals surface area contributed by atoms with Crippen molar-refractivity contribution < 1.29 is 15.0 Å². The number of rotatable bonds is 8. The number of anilines is 1. The van der Waals surface area contributed by atoms with Gasteiger partial charge in [-0.15, -0.1) is 11.3 Å². The summed E-state index contributed by atoms with van der Waals surface area (Å²) >= 11 is 3.14. The molecular weight excluding hydrogens is 454 g/mol. The first-order valence-electron chi connectivity index (χ1n) is 11.3. The van der Waals surface area contributed by atoms with Gasteiger partial charge in [0.2, 0.25) is 0 Å². The molecule has 1 saturated heterocycles. The molecule has 6 nitrogen and oxygen atoms in total. The van der Waals surface area contributed by atoms with E-state index in [-0.39, 0.29) is 5.91 Å². The summed E-state index contributed by atoms with van der Waals surface area (Å²) < 4.78 is 4.50. The molecule has 3 N–H and O–H groups in total. The molecule has 0 aliphatic carbocycles. The molecule has 33 heavy (non-hydrogen) atoms. The maximum absolute atomic E-state index is 12.9. The molecule has 1 aliphatic heterocycles. The monoisotopic (exact) mass is 485 g/mol. The summed E-state index contributed by atoms with van der Waals surface area (Å²) in [4.78, 5) is 20.3. The van der Waals surface area contributed by atoms with Crippen LogP contribution in [0.25, 0.3) is 10.2 Å². The highest BCUT2D eigenvalue weighted by Crippen LogP contribution is 2.31. The van der Waals surface area contributed by atoms with Crippen LogP contribution in [-0.4, -0.2) is 50.3 Å². The van der Waals surface area contributed by atoms with Gasteiger partial charge in [-0.1, -0.05) is 6.07 Å². The second kappa shape index (κ2) is 10.0. The van der Waals surface area contributed by atoms with Crippen molar-refractivity contribution in [2.75, 3.05) is 17.8 Å². The first-order valence-corrected chi connectivity index (χ1v) is 13.0. The summed E-state index contributed by atoms with van der Waals surface area (Å²) in [6, 6.07) is 13.7. The number of likely N-dealkylation sites (tertiary alicyclic amines) is 1. The maximum atomic E-state index is 12.9. The van der Waals surface area contributed by atoms with Gasteiger partial charge in [0, 0.05) is 24.3 Å². The van der Waals surface area contributed by atoms with Crippen LogP contribution < -0.4 is 4.72 Å². The Morgan fingerprint density at radius 1 is 1.21 bits per heavy atom. The van der Waals surface area contributed by atoms with Gasteiger partial charge in [0.25, 0.3) is 5.91 Å². The number of fused-ring (bicyclic) bond motifs is 1. The predicted molar refractivity (Wildman–Crippen MR) is 136 cm³/mol. The lowest BCUT2D eigenvalue weighted by molar-refractivity contribution is -0.0291. The van der Waals surface area contributed by atoms with Gasteiger partial charge in [-0.2, -0.15) is 0 Å². The van der Waals surface area contributed by atoms with Gasteiger partial charge < -0.3 is 19.8 Å². The van der Waals surface area contributed by atoms with Crippen LogP contribution in [0.2, 0.25) is 0 Å². The number of piperidine rings is 1. The Balaban J connectivity index is 1.28. The Labute approximate surface area is 203 Å². The number of amides is 1. The standard InChI is InChI=1S/C25H31N3O3S2/c1-24(2,30)11-4-12-25(31)13-15-28(16-14-25)23(29)18-7-9-19(10-8-18)27-33-21-6-3-5-20-22(21)26-17-32-20/h3,5-10,17,27,30-31H,4,11-16H2,1-2H3. The SMILES string of the molecule is CC(C)(O)CCCC1(O)CCN(C(=O)c2ccc(NSc3cccc4scnc34)cc2)CC1. The van der Waals surface area contributed by atoms with Crippen LogP contribution >= 0.6 is 23.3 Å². The van der Waals surface area contributed by atoms with E-state index in [9.17, 15) is 15.0 Å². The highest BCUT2D eigenvalue weighted by molar-refractivity contribution is 8.00. The number of aromatic nitrogens is 1. The first kappa shape index (κ1) is 24.0. The molecule has 0 spiro atoms. The van der Waals surface area contributed by atoms with E-state index in [1.807, 2.05) is 46.8 Å². The second-order valence-corrected chi connectivity index (χ2v) is 11.2. The topological polar surface area (TPSA) is 85.7 Å². The summed E-state index contributed by atoms with van der Waals surface area (Å²) in [6.45, 7) is 4.68. The molecule has 0 bridgehead atoms. The number of carbonyl (C=O) groups is 1. The zero-order valence-corrected chi connectivity index (χ0v) is 20.7. The molecule has 2 heterocycles. The van der Waals surface area contributed by atoms with Crippen LogP contribution in [0.1, 0.15) is 56.3 Å². The van der Waals surface area contributed by atoms with E-state index in [0.29, 0.717) is 44.3 Å². The molecule has 1 aromatic heterocycles. The molecule has 1 amide bonds. The fraction of sp³-hybridized carbons (Fsp3) is 0.440. The zero-order chi connectivity index (χ0) is 23.5. The number of hydrogen-bond donors (Lipinski definition) is 3. The molecule has 3 aromatic rings. The molecule has 0 atom stereocenters. The molecular formula is C25H31N3O3S2. The summed E-state index contributed by atoms with van der Waals surface area (Å²) in [6.07, 6.45) is 3.24. The van der Waals surface area contributed by atoms with Crippen molar-refractivity contribution in [3.05, 3.63) is 53.5 Å². The second-order valence-electron chi connectivity index (χ2n) is 9.42. The predicted octanol–water partition coefficient (Wildman–Crippen LogP) is 5.32. The Bertz CT molecular complexity index is 1080. The summed E-state index contributed by atoms with van der Waals surface area (Å²) in [5.41, 5.74) is 2.97. The van der Waals surface area contributed by atoms with Crippen LogP contribution in [-0.2, 0) is 0 Å². The van der Waals surface area contributed by atoms with Crippen LogP contribution in [0.5, 0.6) is 0 Å².